The number of ether oxygens (including phenoxy) is 1. The zero-order chi connectivity index (χ0) is 27.4. The first-order valence-electron chi connectivity index (χ1n) is 14.2. The van der Waals surface area contributed by atoms with Gasteiger partial charge in [0, 0.05) is 31.1 Å². The molecule has 3 amide bonds. The first-order chi connectivity index (χ1) is 18.9. The molecule has 3 heterocycles. The molecule has 2 fully saturated rings. The van der Waals surface area contributed by atoms with Crippen molar-refractivity contribution in [3.05, 3.63) is 69.2 Å². The van der Waals surface area contributed by atoms with Crippen molar-refractivity contribution < 1.29 is 19.1 Å². The van der Waals surface area contributed by atoms with Gasteiger partial charge in [-0.1, -0.05) is 42.3 Å². The number of hydrogen-bond acceptors (Lipinski definition) is 5. The minimum absolute atomic E-state index is 0.165. The predicted octanol–water partition coefficient (Wildman–Crippen LogP) is 4.65. The van der Waals surface area contributed by atoms with E-state index in [1.165, 1.54) is 21.6 Å². The van der Waals surface area contributed by atoms with Gasteiger partial charge in [-0.2, -0.15) is 0 Å². The van der Waals surface area contributed by atoms with Crippen LogP contribution in [0.5, 0.6) is 0 Å². The van der Waals surface area contributed by atoms with Crippen LogP contribution >= 0.6 is 11.6 Å². The van der Waals surface area contributed by atoms with E-state index in [2.05, 4.69) is 47.5 Å². The lowest BCUT2D eigenvalue weighted by atomic mass is 9.84. The second-order valence-corrected chi connectivity index (χ2v) is 11.6. The number of unbranched alkanes of at least 4 members (excludes halogenated alkanes) is 2. The third-order valence-electron chi connectivity index (χ3n) is 8.74. The first kappa shape index (κ1) is 27.8. The Balaban J connectivity index is 1.09. The molecule has 1 N–H and O–H groups in total. The van der Waals surface area contributed by atoms with Crippen molar-refractivity contribution in [2.75, 3.05) is 19.6 Å². The Morgan fingerprint density at radius 2 is 1.97 bits per heavy atom. The van der Waals surface area contributed by atoms with Crippen LogP contribution in [0.15, 0.2) is 36.4 Å². The zero-order valence-corrected chi connectivity index (χ0v) is 23.5. The topological polar surface area (TPSA) is 79.0 Å². The van der Waals surface area contributed by atoms with Crippen LogP contribution in [-0.4, -0.2) is 53.7 Å². The molecule has 0 aliphatic carbocycles. The normalized spacial score (nSPS) is 20.6. The summed E-state index contributed by atoms with van der Waals surface area (Å²) in [4.78, 5) is 39.9. The van der Waals surface area contributed by atoms with Crippen LogP contribution in [0.1, 0.15) is 72.8 Å². The summed E-state index contributed by atoms with van der Waals surface area (Å²) in [6.45, 7) is 6.28. The molecule has 0 aromatic heterocycles. The van der Waals surface area contributed by atoms with Crippen molar-refractivity contribution >= 4 is 29.8 Å². The highest BCUT2D eigenvalue weighted by molar-refractivity contribution is 6.30. The molecule has 2 aromatic rings. The predicted molar refractivity (Wildman–Crippen MR) is 150 cm³/mol. The number of amides is 3. The van der Waals surface area contributed by atoms with E-state index in [0.717, 1.165) is 80.7 Å². The Morgan fingerprint density at radius 3 is 2.74 bits per heavy atom. The standard InChI is InChI=1S/C31H38ClN3O4/c1-22-6-5-8-23(26(22)19-35(21-36)28-11-12-29(37)33-30(28)38)7-3-2-4-15-34-16-13-31(14-17-34)27-18-25(32)10-9-24(27)20-39-31/h5-6,8-10,18,21,28H,2-4,7,11-17,19-20H2,1H3,(H,33,37,38). The molecule has 208 valence electrons. The fourth-order valence-corrected chi connectivity index (χ4v) is 6.57. The molecule has 1 unspecified atom stereocenters. The molecule has 39 heavy (non-hydrogen) atoms. The van der Waals surface area contributed by atoms with E-state index in [1.54, 1.807) is 0 Å². The highest BCUT2D eigenvalue weighted by Crippen LogP contribution is 2.45. The lowest BCUT2D eigenvalue weighted by Crippen LogP contribution is -2.51. The number of nitrogens with one attached hydrogen (secondary N) is 1. The minimum atomic E-state index is -0.601. The summed E-state index contributed by atoms with van der Waals surface area (Å²) < 4.78 is 6.31. The van der Waals surface area contributed by atoms with Gasteiger partial charge in [0.1, 0.15) is 6.04 Å². The quantitative estimate of drug-likeness (QED) is 0.264. The molecule has 0 saturated carbocycles. The van der Waals surface area contributed by atoms with Gasteiger partial charge in [0.05, 0.1) is 12.2 Å². The molecule has 1 spiro atoms. The molecule has 2 aromatic carbocycles. The number of hydrogen-bond donors (Lipinski definition) is 1. The minimum Gasteiger partial charge on any atom is -0.365 e. The Kier molecular flexibility index (Phi) is 8.70. The third-order valence-corrected chi connectivity index (χ3v) is 8.98. The summed E-state index contributed by atoms with van der Waals surface area (Å²) in [7, 11) is 0. The number of imide groups is 1. The molecule has 8 heteroatoms. The molecule has 3 aliphatic rings. The maximum atomic E-state index is 12.3. The van der Waals surface area contributed by atoms with Crippen molar-refractivity contribution in [2.45, 2.75) is 83.1 Å². The van der Waals surface area contributed by atoms with E-state index in [4.69, 9.17) is 16.3 Å². The van der Waals surface area contributed by atoms with Gasteiger partial charge >= 0.3 is 0 Å². The summed E-state index contributed by atoms with van der Waals surface area (Å²) in [5, 5.41) is 3.15. The number of fused-ring (bicyclic) bond motifs is 2. The van der Waals surface area contributed by atoms with Crippen molar-refractivity contribution in [3.8, 4) is 0 Å². The highest BCUT2D eigenvalue weighted by Gasteiger charge is 2.42. The van der Waals surface area contributed by atoms with Crippen LogP contribution in [0.25, 0.3) is 0 Å². The van der Waals surface area contributed by atoms with Crippen LogP contribution in [-0.2, 0) is 44.3 Å². The number of piperidine rings is 2. The number of nitrogens with zero attached hydrogens (tertiary/aromatic N) is 2. The van der Waals surface area contributed by atoms with Crippen LogP contribution in [0, 0.1) is 6.92 Å². The van der Waals surface area contributed by atoms with Crippen molar-refractivity contribution in [2.24, 2.45) is 0 Å². The Morgan fingerprint density at radius 1 is 1.15 bits per heavy atom. The van der Waals surface area contributed by atoms with Gasteiger partial charge in [-0.3, -0.25) is 19.7 Å². The molecule has 0 radical (unpaired) electrons. The number of aryl methyl sites for hydroxylation is 2. The summed E-state index contributed by atoms with van der Waals surface area (Å²) in [5.74, 6) is -0.658. The van der Waals surface area contributed by atoms with E-state index >= 15 is 0 Å². The van der Waals surface area contributed by atoms with Gasteiger partial charge in [0.15, 0.2) is 0 Å². The number of likely N-dealkylation sites (tertiary alicyclic amines) is 1. The lowest BCUT2D eigenvalue weighted by Gasteiger charge is -2.39. The second-order valence-electron chi connectivity index (χ2n) is 11.2. The molecular weight excluding hydrogens is 514 g/mol. The molecule has 1 atom stereocenters. The molecule has 0 bridgehead atoms. The lowest BCUT2D eigenvalue weighted by molar-refractivity contribution is -0.141. The fraction of sp³-hybridized carbons (Fsp3) is 0.516. The molecular formula is C31H38ClN3O4. The van der Waals surface area contributed by atoms with E-state index in [9.17, 15) is 14.4 Å². The largest absolute Gasteiger partial charge is 0.365 e. The summed E-state index contributed by atoms with van der Waals surface area (Å²) in [5.41, 5.74) is 5.84. The fourth-order valence-electron chi connectivity index (χ4n) is 6.40. The Labute approximate surface area is 235 Å². The molecule has 2 saturated heterocycles. The van der Waals surface area contributed by atoms with Crippen LogP contribution in [0.4, 0.5) is 0 Å². The van der Waals surface area contributed by atoms with Crippen molar-refractivity contribution in [1.29, 1.82) is 0 Å². The van der Waals surface area contributed by atoms with Crippen LogP contribution < -0.4 is 5.32 Å². The van der Waals surface area contributed by atoms with Gasteiger partial charge in [0.25, 0.3) is 0 Å². The monoisotopic (exact) mass is 551 g/mol. The van der Waals surface area contributed by atoms with E-state index < -0.39 is 6.04 Å². The number of carbonyl (C=O) groups is 3. The van der Waals surface area contributed by atoms with Gasteiger partial charge in [0.2, 0.25) is 18.2 Å². The molecule has 7 nitrogen and oxygen atoms in total. The second kappa shape index (κ2) is 12.2. The van der Waals surface area contributed by atoms with Gasteiger partial charge in [-0.15, -0.1) is 0 Å². The first-order valence-corrected chi connectivity index (χ1v) is 14.5. The smallest absolute Gasteiger partial charge is 0.249 e. The maximum absolute atomic E-state index is 12.3. The average molecular weight is 552 g/mol. The van der Waals surface area contributed by atoms with E-state index in [1.807, 2.05) is 6.07 Å². The number of rotatable bonds is 10. The number of carbonyl (C=O) groups excluding carboxylic acids is 3. The number of benzene rings is 2. The molecule has 3 aliphatic heterocycles. The summed E-state index contributed by atoms with van der Waals surface area (Å²) >= 11 is 6.28. The Hall–Kier alpha value is -2.74. The summed E-state index contributed by atoms with van der Waals surface area (Å²) in [6.07, 6.45) is 7.67. The zero-order valence-electron chi connectivity index (χ0n) is 22.7. The SMILES string of the molecule is Cc1cccc(CCCCCN2CCC3(CC2)OCc2ccc(Cl)cc23)c1CN(C=O)C1CCC(=O)NC1=O. The third kappa shape index (κ3) is 6.21. The van der Waals surface area contributed by atoms with Gasteiger partial charge in [-0.25, -0.2) is 0 Å². The van der Waals surface area contributed by atoms with E-state index in [0.29, 0.717) is 19.6 Å². The highest BCUT2D eigenvalue weighted by atomic mass is 35.5. The number of halogens is 1. The van der Waals surface area contributed by atoms with Crippen LogP contribution in [0.2, 0.25) is 5.02 Å². The van der Waals surface area contributed by atoms with Gasteiger partial charge < -0.3 is 14.5 Å². The van der Waals surface area contributed by atoms with E-state index in [-0.39, 0.29) is 23.8 Å². The summed E-state index contributed by atoms with van der Waals surface area (Å²) in [6, 6.07) is 11.8. The van der Waals surface area contributed by atoms with Crippen LogP contribution in [0.3, 0.4) is 0 Å². The Bertz CT molecular complexity index is 1220. The van der Waals surface area contributed by atoms with Gasteiger partial charge in [-0.05, 0) is 91.9 Å². The van der Waals surface area contributed by atoms with Crippen molar-refractivity contribution in [1.82, 2.24) is 15.1 Å². The van der Waals surface area contributed by atoms with Crippen molar-refractivity contribution in [3.63, 3.8) is 0 Å². The average Bonchev–Trinajstić information content (AvgIpc) is 3.26. The maximum Gasteiger partial charge on any atom is 0.249 e. The molecule has 5 rings (SSSR count).